The van der Waals surface area contributed by atoms with Gasteiger partial charge < -0.3 is 19.0 Å². The summed E-state index contributed by atoms with van der Waals surface area (Å²) in [7, 11) is 1.80. The number of nitrogens with one attached hydrogen (secondary N) is 1. The van der Waals surface area contributed by atoms with Gasteiger partial charge in [0.2, 0.25) is 5.89 Å². The lowest BCUT2D eigenvalue weighted by atomic mass is 9.97. The second-order valence-corrected chi connectivity index (χ2v) is 12.4. The molecule has 7 rings (SSSR count). The summed E-state index contributed by atoms with van der Waals surface area (Å²) >= 11 is 0. The number of oxazole rings is 1. The van der Waals surface area contributed by atoms with Crippen LogP contribution in [0.2, 0.25) is 0 Å². The minimum absolute atomic E-state index is 0.00792. The average molecular weight is 585 g/mol. The Kier molecular flexibility index (Phi) is 6.12. The van der Waals surface area contributed by atoms with E-state index in [9.17, 15) is 9.18 Å². The Morgan fingerprint density at radius 3 is 2.53 bits per heavy atom. The summed E-state index contributed by atoms with van der Waals surface area (Å²) in [6, 6.07) is 11.5. The highest BCUT2D eigenvalue weighted by Gasteiger charge is 2.47. The summed E-state index contributed by atoms with van der Waals surface area (Å²) in [6.07, 6.45) is 4.33. The first-order valence-corrected chi connectivity index (χ1v) is 14.3. The molecule has 43 heavy (non-hydrogen) atoms. The summed E-state index contributed by atoms with van der Waals surface area (Å²) in [5.74, 6) is 0.00983. The lowest BCUT2D eigenvalue weighted by molar-refractivity contribution is 0.0495. The van der Waals surface area contributed by atoms with Crippen LogP contribution in [0.15, 0.2) is 53.2 Å². The summed E-state index contributed by atoms with van der Waals surface area (Å²) < 4.78 is 43.0. The number of hydrogen-bond donors (Lipinski definition) is 1. The van der Waals surface area contributed by atoms with E-state index in [1.54, 1.807) is 50.8 Å². The SMILES string of the molecule is Cn1cnnc1-c1cc(F)ccc1-c1cc(-c2nc3cc(C4(NC(=O)OC(C)(C)C)CC4)cc(F)c3o2)nc(C2CC2)c1. The van der Waals surface area contributed by atoms with Gasteiger partial charge in [-0.3, -0.25) is 0 Å². The summed E-state index contributed by atoms with van der Waals surface area (Å²) in [5.41, 5.74) is 2.98. The first-order valence-electron chi connectivity index (χ1n) is 14.3. The van der Waals surface area contributed by atoms with Crippen molar-refractivity contribution in [2.75, 3.05) is 0 Å². The minimum atomic E-state index is -0.716. The van der Waals surface area contributed by atoms with Crippen molar-refractivity contribution >= 4 is 17.2 Å². The molecule has 0 aliphatic heterocycles. The van der Waals surface area contributed by atoms with Crippen LogP contribution in [0, 0.1) is 11.6 Å². The van der Waals surface area contributed by atoms with Crippen molar-refractivity contribution in [1.29, 1.82) is 0 Å². The van der Waals surface area contributed by atoms with Crippen LogP contribution in [-0.2, 0) is 17.3 Å². The molecular formula is C32H30F2N6O3. The molecule has 2 aromatic carbocycles. The van der Waals surface area contributed by atoms with Crippen molar-refractivity contribution in [3.63, 3.8) is 0 Å². The molecule has 3 heterocycles. The van der Waals surface area contributed by atoms with Gasteiger partial charge in [-0.05, 0) is 99.5 Å². The van der Waals surface area contributed by atoms with Crippen molar-refractivity contribution in [3.8, 4) is 34.1 Å². The molecular weight excluding hydrogens is 554 g/mol. The van der Waals surface area contributed by atoms with Gasteiger partial charge >= 0.3 is 6.09 Å². The molecule has 0 spiro atoms. The number of fused-ring (bicyclic) bond motifs is 1. The molecule has 0 radical (unpaired) electrons. The predicted octanol–water partition coefficient (Wildman–Crippen LogP) is 7.02. The number of pyridine rings is 1. The third-order valence-corrected chi connectivity index (χ3v) is 7.79. The topological polar surface area (TPSA) is 108 Å². The van der Waals surface area contributed by atoms with E-state index in [0.29, 0.717) is 46.9 Å². The van der Waals surface area contributed by atoms with Crippen LogP contribution in [0.1, 0.15) is 63.6 Å². The van der Waals surface area contributed by atoms with Gasteiger partial charge in [0.15, 0.2) is 17.2 Å². The summed E-state index contributed by atoms with van der Waals surface area (Å²) in [5, 5.41) is 11.1. The van der Waals surface area contributed by atoms with Crippen molar-refractivity contribution in [2.45, 2.75) is 63.5 Å². The molecule has 1 N–H and O–H groups in total. The van der Waals surface area contributed by atoms with E-state index in [4.69, 9.17) is 14.1 Å². The highest BCUT2D eigenvalue weighted by atomic mass is 19.1. The highest BCUT2D eigenvalue weighted by Crippen LogP contribution is 2.47. The van der Waals surface area contributed by atoms with Crippen molar-refractivity contribution in [3.05, 3.63) is 71.7 Å². The van der Waals surface area contributed by atoms with Crippen LogP contribution < -0.4 is 5.32 Å². The third kappa shape index (κ3) is 5.24. The van der Waals surface area contributed by atoms with E-state index in [1.807, 2.05) is 12.1 Å². The van der Waals surface area contributed by atoms with Gasteiger partial charge in [-0.15, -0.1) is 10.2 Å². The quantitative estimate of drug-likeness (QED) is 0.228. The Bertz CT molecular complexity index is 1900. The Labute approximate surface area is 246 Å². The maximum atomic E-state index is 15.4. The molecule has 0 unspecified atom stereocenters. The van der Waals surface area contributed by atoms with Crippen LogP contribution in [-0.4, -0.2) is 36.4 Å². The van der Waals surface area contributed by atoms with Gasteiger partial charge in [0.1, 0.15) is 29.0 Å². The molecule has 0 atom stereocenters. The molecule has 2 aliphatic carbocycles. The Hall–Kier alpha value is -4.67. The van der Waals surface area contributed by atoms with E-state index in [2.05, 4.69) is 20.5 Å². The number of nitrogens with zero attached hydrogens (tertiary/aromatic N) is 5. The summed E-state index contributed by atoms with van der Waals surface area (Å²) in [6.45, 7) is 5.37. The molecule has 5 aromatic rings. The first-order chi connectivity index (χ1) is 20.5. The monoisotopic (exact) mass is 584 g/mol. The maximum absolute atomic E-state index is 15.4. The van der Waals surface area contributed by atoms with Gasteiger partial charge in [-0.25, -0.2) is 23.5 Å². The average Bonchev–Trinajstić information content (AvgIpc) is 3.85. The number of carbonyl (C=O) groups excluding carboxylic acids is 1. The Morgan fingerprint density at radius 1 is 1.07 bits per heavy atom. The zero-order chi connectivity index (χ0) is 30.1. The standard InChI is InChI=1S/C32H30F2N6O3/c1-31(2,3)43-30(41)38-32(9-10-32)19-13-23(34)27-25(14-19)37-29(42-27)26-12-18(11-24(36-26)17-5-6-17)21-8-7-20(33)15-22(21)28-39-35-16-40(28)4/h7-8,11-17H,5-6,9-10H2,1-4H3,(H,38,41). The predicted molar refractivity (Wildman–Crippen MR) is 155 cm³/mol. The molecule has 2 fully saturated rings. The van der Waals surface area contributed by atoms with Crippen LogP contribution >= 0.6 is 0 Å². The van der Waals surface area contributed by atoms with Crippen molar-refractivity contribution in [2.24, 2.45) is 7.05 Å². The van der Waals surface area contributed by atoms with Crippen LogP contribution in [0.4, 0.5) is 13.6 Å². The van der Waals surface area contributed by atoms with Gasteiger partial charge in [-0.1, -0.05) is 6.07 Å². The Morgan fingerprint density at radius 2 is 1.86 bits per heavy atom. The number of carbonyl (C=O) groups is 1. The number of hydrogen-bond acceptors (Lipinski definition) is 7. The van der Waals surface area contributed by atoms with Gasteiger partial charge in [0.05, 0.1) is 5.54 Å². The molecule has 11 heteroatoms. The molecule has 220 valence electrons. The number of aromatic nitrogens is 5. The van der Waals surface area contributed by atoms with Gasteiger partial charge in [0, 0.05) is 24.2 Å². The van der Waals surface area contributed by atoms with Gasteiger partial charge in [0.25, 0.3) is 0 Å². The zero-order valence-electron chi connectivity index (χ0n) is 24.2. The Balaban J connectivity index is 1.29. The molecule has 0 saturated heterocycles. The largest absolute Gasteiger partial charge is 0.444 e. The fraction of sp³-hybridized carbons (Fsp3) is 0.344. The number of halogens is 2. The third-order valence-electron chi connectivity index (χ3n) is 7.79. The second-order valence-electron chi connectivity index (χ2n) is 12.4. The van der Waals surface area contributed by atoms with Gasteiger partial charge in [-0.2, -0.15) is 0 Å². The number of benzene rings is 2. The fourth-order valence-corrected chi connectivity index (χ4v) is 5.37. The maximum Gasteiger partial charge on any atom is 0.408 e. The lowest BCUT2D eigenvalue weighted by Gasteiger charge is -2.23. The van der Waals surface area contributed by atoms with Crippen molar-refractivity contribution < 1.29 is 22.7 Å². The van der Waals surface area contributed by atoms with E-state index in [0.717, 1.165) is 29.7 Å². The van der Waals surface area contributed by atoms with E-state index in [1.165, 1.54) is 18.2 Å². The smallest absolute Gasteiger partial charge is 0.408 e. The minimum Gasteiger partial charge on any atom is -0.444 e. The number of aryl methyl sites for hydroxylation is 1. The highest BCUT2D eigenvalue weighted by molar-refractivity contribution is 5.83. The number of alkyl carbamates (subject to hydrolysis) is 1. The molecule has 2 saturated carbocycles. The molecule has 3 aromatic heterocycles. The second kappa shape index (κ2) is 9.68. The number of rotatable bonds is 6. The molecule has 0 bridgehead atoms. The molecule has 1 amide bonds. The number of ether oxygens (including phenoxy) is 1. The van der Waals surface area contributed by atoms with Crippen molar-refractivity contribution in [1.82, 2.24) is 30.0 Å². The molecule has 9 nitrogen and oxygen atoms in total. The lowest BCUT2D eigenvalue weighted by Crippen LogP contribution is -2.39. The summed E-state index contributed by atoms with van der Waals surface area (Å²) in [4.78, 5) is 22.0. The van der Waals surface area contributed by atoms with Crippen LogP contribution in [0.3, 0.4) is 0 Å². The van der Waals surface area contributed by atoms with E-state index < -0.39 is 28.9 Å². The van der Waals surface area contributed by atoms with E-state index in [-0.39, 0.29) is 11.5 Å². The fourth-order valence-electron chi connectivity index (χ4n) is 5.37. The van der Waals surface area contributed by atoms with Crippen LogP contribution in [0.5, 0.6) is 0 Å². The first kappa shape index (κ1) is 27.2. The van der Waals surface area contributed by atoms with Crippen LogP contribution in [0.25, 0.3) is 45.2 Å². The van der Waals surface area contributed by atoms with E-state index >= 15 is 4.39 Å². The number of amides is 1. The normalized spacial score (nSPS) is 16.0. The molecule has 2 aliphatic rings. The zero-order valence-corrected chi connectivity index (χ0v) is 24.2.